The van der Waals surface area contributed by atoms with E-state index in [1.807, 2.05) is 0 Å². The number of aromatic nitrogens is 5. The first-order valence-corrected chi connectivity index (χ1v) is 8.00. The molecule has 140 valence electrons. The van der Waals surface area contributed by atoms with Gasteiger partial charge >= 0.3 is 0 Å². The number of fused-ring (bicyclic) bond motifs is 1. The van der Waals surface area contributed by atoms with Crippen LogP contribution in [0.4, 0.5) is 21.7 Å². The van der Waals surface area contributed by atoms with Gasteiger partial charge in [0, 0.05) is 18.5 Å². The van der Waals surface area contributed by atoms with Crippen molar-refractivity contribution in [3.8, 4) is 5.69 Å². The molecule has 1 amide bonds. The number of amides is 1. The van der Waals surface area contributed by atoms with E-state index in [0.29, 0.717) is 5.69 Å². The summed E-state index contributed by atoms with van der Waals surface area (Å²) in [5.41, 5.74) is 11.2. The number of nitrogens with two attached hydrogens (primary N) is 2. The normalized spacial score (nSPS) is 10.9. The molecule has 10 nitrogen and oxygen atoms in total. The molecule has 28 heavy (non-hydrogen) atoms. The highest BCUT2D eigenvalue weighted by Gasteiger charge is 2.20. The Bertz CT molecular complexity index is 1260. The van der Waals surface area contributed by atoms with Gasteiger partial charge in [0.05, 0.1) is 5.69 Å². The number of nitrogens with one attached hydrogen (secondary N) is 1. The van der Waals surface area contributed by atoms with E-state index in [0.717, 1.165) is 4.68 Å². The smallest absolute Gasteiger partial charge is 0.295 e. The molecule has 0 unspecified atom stereocenters. The highest BCUT2D eigenvalue weighted by Crippen LogP contribution is 2.21. The van der Waals surface area contributed by atoms with Gasteiger partial charge in [-0.25, -0.2) is 13.9 Å². The van der Waals surface area contributed by atoms with Crippen LogP contribution in [0.2, 0.25) is 0 Å². The lowest BCUT2D eigenvalue weighted by molar-refractivity contribution is 0.100. The van der Waals surface area contributed by atoms with Crippen molar-refractivity contribution in [1.29, 1.82) is 0 Å². The topological polar surface area (TPSA) is 146 Å². The van der Waals surface area contributed by atoms with Crippen LogP contribution in [0.1, 0.15) is 10.4 Å². The number of halogens is 1. The van der Waals surface area contributed by atoms with Crippen molar-refractivity contribution in [3.63, 3.8) is 0 Å². The van der Waals surface area contributed by atoms with Crippen LogP contribution in [0.25, 0.3) is 11.3 Å². The molecule has 0 aliphatic carbocycles. The molecule has 0 saturated heterocycles. The maximum Gasteiger partial charge on any atom is 0.295 e. The number of nitrogen functional groups attached to an aromatic ring is 1. The Balaban J connectivity index is 1.84. The molecule has 11 heteroatoms. The lowest BCUT2D eigenvalue weighted by Gasteiger charge is -2.09. The monoisotopic (exact) mass is 380 g/mol. The highest BCUT2D eigenvalue weighted by atomic mass is 19.1. The maximum atomic E-state index is 13.2. The van der Waals surface area contributed by atoms with E-state index >= 15 is 0 Å². The van der Waals surface area contributed by atoms with Crippen molar-refractivity contribution < 1.29 is 9.18 Å². The SMILES string of the molecule is NC(=O)c1c(Nc2cc(N)nn(-c3ccc(F)cc3)c2=O)nn2cccnc12. The van der Waals surface area contributed by atoms with Crippen LogP contribution in [-0.4, -0.2) is 30.3 Å². The third-order valence-electron chi connectivity index (χ3n) is 3.90. The first-order valence-electron chi connectivity index (χ1n) is 8.00. The summed E-state index contributed by atoms with van der Waals surface area (Å²) in [6.07, 6.45) is 3.07. The van der Waals surface area contributed by atoms with Crippen molar-refractivity contribution in [2.45, 2.75) is 0 Å². The van der Waals surface area contributed by atoms with Gasteiger partial charge in [-0.2, -0.15) is 4.68 Å². The van der Waals surface area contributed by atoms with Gasteiger partial charge in [0.15, 0.2) is 11.5 Å². The Kier molecular flexibility index (Phi) is 3.96. The van der Waals surface area contributed by atoms with Crippen LogP contribution in [0.5, 0.6) is 0 Å². The standard InChI is InChI=1S/C17H13FN8O2/c18-9-2-4-10(5-3-9)26-17(28)11(8-12(19)23-26)22-15-13(14(20)27)16-21-6-1-7-25(16)24-15/h1-8H,(H2,19,23)(H2,20,27)(H,22,24). The molecule has 5 N–H and O–H groups in total. The average Bonchev–Trinajstić information content (AvgIpc) is 3.03. The van der Waals surface area contributed by atoms with E-state index in [9.17, 15) is 14.0 Å². The van der Waals surface area contributed by atoms with E-state index < -0.39 is 17.3 Å². The zero-order chi connectivity index (χ0) is 19.8. The zero-order valence-electron chi connectivity index (χ0n) is 14.2. The van der Waals surface area contributed by atoms with Crippen LogP contribution >= 0.6 is 0 Å². The summed E-state index contributed by atoms with van der Waals surface area (Å²) in [4.78, 5) is 28.8. The molecule has 0 spiro atoms. The summed E-state index contributed by atoms with van der Waals surface area (Å²) in [6, 6.07) is 8.08. The van der Waals surface area contributed by atoms with Crippen LogP contribution in [0, 0.1) is 5.82 Å². The molecule has 0 fully saturated rings. The second-order valence-corrected chi connectivity index (χ2v) is 5.78. The van der Waals surface area contributed by atoms with Gasteiger partial charge in [-0.05, 0) is 30.3 Å². The molecule has 4 rings (SSSR count). The number of benzene rings is 1. The molecule has 4 aromatic rings. The Morgan fingerprint density at radius 1 is 1.18 bits per heavy atom. The third-order valence-corrected chi connectivity index (χ3v) is 3.90. The number of hydrogen-bond acceptors (Lipinski definition) is 7. The first kappa shape index (κ1) is 17.1. The molecule has 3 aromatic heterocycles. The predicted octanol–water partition coefficient (Wildman–Crippen LogP) is 0.839. The summed E-state index contributed by atoms with van der Waals surface area (Å²) in [6.45, 7) is 0. The van der Waals surface area contributed by atoms with Gasteiger partial charge in [0.25, 0.3) is 11.5 Å². The van der Waals surface area contributed by atoms with E-state index in [-0.39, 0.29) is 28.5 Å². The molecule has 3 heterocycles. The molecule has 0 aliphatic heterocycles. The molecular formula is C17H13FN8O2. The van der Waals surface area contributed by atoms with Crippen molar-refractivity contribution in [3.05, 3.63) is 70.5 Å². The number of nitrogens with zero attached hydrogens (tertiary/aromatic N) is 5. The van der Waals surface area contributed by atoms with Gasteiger partial charge < -0.3 is 16.8 Å². The van der Waals surface area contributed by atoms with Gasteiger partial charge in [0.1, 0.15) is 22.9 Å². The minimum atomic E-state index is -0.767. The minimum absolute atomic E-state index is 0.00253. The van der Waals surface area contributed by atoms with Crippen LogP contribution in [0.15, 0.2) is 53.6 Å². The van der Waals surface area contributed by atoms with Gasteiger partial charge in [0.2, 0.25) is 0 Å². The lowest BCUT2D eigenvalue weighted by Crippen LogP contribution is -2.25. The second kappa shape index (κ2) is 6.46. The fraction of sp³-hybridized carbons (Fsp3) is 0. The molecule has 0 aliphatic rings. The fourth-order valence-corrected chi connectivity index (χ4v) is 2.69. The number of rotatable bonds is 4. The van der Waals surface area contributed by atoms with Crippen molar-refractivity contribution >= 4 is 28.9 Å². The summed E-state index contributed by atoms with van der Waals surface area (Å²) < 4.78 is 15.5. The second-order valence-electron chi connectivity index (χ2n) is 5.78. The molecule has 1 aromatic carbocycles. The summed E-state index contributed by atoms with van der Waals surface area (Å²) in [5, 5.41) is 10.9. The van der Waals surface area contributed by atoms with Crippen molar-refractivity contribution in [1.82, 2.24) is 24.4 Å². The van der Waals surface area contributed by atoms with E-state index in [4.69, 9.17) is 11.5 Å². The van der Waals surface area contributed by atoms with E-state index in [2.05, 4.69) is 20.5 Å². The third kappa shape index (κ3) is 2.90. The molecule has 0 atom stereocenters. The summed E-state index contributed by atoms with van der Waals surface area (Å²) in [5.74, 6) is -1.16. The Labute approximate surface area is 156 Å². The van der Waals surface area contributed by atoms with Crippen LogP contribution < -0.4 is 22.3 Å². The van der Waals surface area contributed by atoms with Gasteiger partial charge in [-0.3, -0.25) is 9.59 Å². The number of anilines is 3. The quantitative estimate of drug-likeness (QED) is 0.475. The van der Waals surface area contributed by atoms with Gasteiger partial charge in [-0.1, -0.05) is 0 Å². The summed E-state index contributed by atoms with van der Waals surface area (Å²) in [7, 11) is 0. The average molecular weight is 380 g/mol. The van der Waals surface area contributed by atoms with Crippen LogP contribution in [0.3, 0.4) is 0 Å². The fourth-order valence-electron chi connectivity index (χ4n) is 2.69. The van der Waals surface area contributed by atoms with Crippen molar-refractivity contribution in [2.24, 2.45) is 5.73 Å². The molecule has 0 radical (unpaired) electrons. The Morgan fingerprint density at radius 3 is 2.64 bits per heavy atom. The Hall–Kier alpha value is -4.28. The lowest BCUT2D eigenvalue weighted by atomic mass is 10.2. The van der Waals surface area contributed by atoms with Gasteiger partial charge in [-0.15, -0.1) is 10.2 Å². The number of carbonyl (C=O) groups is 1. The Morgan fingerprint density at radius 2 is 1.93 bits per heavy atom. The maximum absolute atomic E-state index is 13.2. The van der Waals surface area contributed by atoms with Crippen molar-refractivity contribution in [2.75, 3.05) is 11.1 Å². The molecule has 0 bridgehead atoms. The minimum Gasteiger partial charge on any atom is -0.382 e. The van der Waals surface area contributed by atoms with Crippen LogP contribution in [-0.2, 0) is 0 Å². The number of carbonyl (C=O) groups excluding carboxylic acids is 1. The summed E-state index contributed by atoms with van der Waals surface area (Å²) >= 11 is 0. The predicted molar refractivity (Wildman–Crippen MR) is 99.0 cm³/mol. The first-order chi connectivity index (χ1) is 13.4. The molecule has 0 saturated carbocycles. The van der Waals surface area contributed by atoms with E-state index in [1.54, 1.807) is 12.3 Å². The zero-order valence-corrected chi connectivity index (χ0v) is 14.2. The largest absolute Gasteiger partial charge is 0.382 e. The highest BCUT2D eigenvalue weighted by molar-refractivity contribution is 6.04. The molecular weight excluding hydrogens is 367 g/mol. The number of primary amides is 1. The number of hydrogen-bond donors (Lipinski definition) is 3. The van der Waals surface area contributed by atoms with E-state index in [1.165, 1.54) is 41.0 Å².